The minimum absolute atomic E-state index is 0.0290. The van der Waals surface area contributed by atoms with Gasteiger partial charge < -0.3 is 10.2 Å². The third kappa shape index (κ3) is 4.32. The molecule has 2 aromatic rings. The second kappa shape index (κ2) is 7.47. The maximum absolute atomic E-state index is 12.6. The van der Waals surface area contributed by atoms with Crippen LogP contribution in [0.4, 0.5) is 11.4 Å². The third-order valence-electron chi connectivity index (χ3n) is 4.74. The number of anilines is 2. The van der Waals surface area contributed by atoms with E-state index in [2.05, 4.69) is 22.2 Å². The molecule has 1 aromatic carbocycles. The van der Waals surface area contributed by atoms with Crippen molar-refractivity contribution >= 4 is 23.2 Å². The van der Waals surface area contributed by atoms with E-state index in [4.69, 9.17) is 0 Å². The minimum Gasteiger partial charge on any atom is -0.323 e. The molecule has 1 aliphatic heterocycles. The molecule has 1 aromatic heterocycles. The molecular formula is C21H26N4O2. The largest absolute Gasteiger partial charge is 0.323 e. The van der Waals surface area contributed by atoms with Crippen LogP contribution in [0.15, 0.2) is 36.7 Å². The Morgan fingerprint density at radius 3 is 2.37 bits per heavy atom. The lowest BCUT2D eigenvalue weighted by Gasteiger charge is -2.18. The quantitative estimate of drug-likeness (QED) is 0.901. The van der Waals surface area contributed by atoms with Gasteiger partial charge in [0.2, 0.25) is 11.8 Å². The van der Waals surface area contributed by atoms with Crippen molar-refractivity contribution < 1.29 is 9.59 Å². The van der Waals surface area contributed by atoms with Gasteiger partial charge in [-0.2, -0.15) is 0 Å². The molecule has 0 aliphatic carbocycles. The van der Waals surface area contributed by atoms with Gasteiger partial charge in [-0.1, -0.05) is 39.8 Å². The number of hydrogen-bond donors (Lipinski definition) is 1. The van der Waals surface area contributed by atoms with Crippen LogP contribution in [0.1, 0.15) is 45.5 Å². The Kier molecular flexibility index (Phi) is 5.26. The maximum atomic E-state index is 12.6. The molecule has 1 fully saturated rings. The highest BCUT2D eigenvalue weighted by molar-refractivity contribution is 6.03. The average Bonchev–Trinajstić information content (AvgIpc) is 3.03. The van der Waals surface area contributed by atoms with Crippen LogP contribution < -0.4 is 10.2 Å². The van der Waals surface area contributed by atoms with E-state index in [-0.39, 0.29) is 29.6 Å². The summed E-state index contributed by atoms with van der Waals surface area (Å²) in [6.07, 6.45) is 4.39. The molecule has 6 heteroatoms. The molecule has 1 atom stereocenters. The lowest BCUT2D eigenvalue weighted by molar-refractivity contribution is -0.122. The van der Waals surface area contributed by atoms with Gasteiger partial charge in [0.15, 0.2) is 0 Å². The van der Waals surface area contributed by atoms with E-state index < -0.39 is 0 Å². The van der Waals surface area contributed by atoms with Crippen molar-refractivity contribution in [3.05, 3.63) is 48.0 Å². The molecule has 0 spiro atoms. The van der Waals surface area contributed by atoms with Crippen molar-refractivity contribution in [2.24, 2.45) is 5.92 Å². The van der Waals surface area contributed by atoms with Crippen LogP contribution in [0, 0.1) is 5.92 Å². The number of aromatic nitrogens is 2. The summed E-state index contributed by atoms with van der Waals surface area (Å²) in [6.45, 7) is 8.58. The average molecular weight is 366 g/mol. The maximum Gasteiger partial charge on any atom is 0.229 e. The van der Waals surface area contributed by atoms with Gasteiger partial charge in [-0.15, -0.1) is 0 Å². The summed E-state index contributed by atoms with van der Waals surface area (Å²) >= 11 is 0. The summed E-state index contributed by atoms with van der Waals surface area (Å²) in [5.74, 6) is 0.130. The Morgan fingerprint density at radius 2 is 1.81 bits per heavy atom. The van der Waals surface area contributed by atoms with Crippen molar-refractivity contribution in [3.63, 3.8) is 0 Å². The van der Waals surface area contributed by atoms with Gasteiger partial charge in [0.1, 0.15) is 5.82 Å². The molecule has 2 amide bonds. The molecule has 3 rings (SSSR count). The van der Waals surface area contributed by atoms with Crippen LogP contribution in [-0.2, 0) is 21.4 Å². The summed E-state index contributed by atoms with van der Waals surface area (Å²) < 4.78 is 0. The fraction of sp³-hybridized carbons (Fsp3) is 0.429. The first kappa shape index (κ1) is 19.0. The predicted octanol–water partition coefficient (Wildman–Crippen LogP) is 3.33. The highest BCUT2D eigenvalue weighted by Crippen LogP contribution is 2.26. The van der Waals surface area contributed by atoms with Gasteiger partial charge in [0.05, 0.1) is 24.0 Å². The van der Waals surface area contributed by atoms with E-state index in [0.717, 1.165) is 17.9 Å². The fourth-order valence-electron chi connectivity index (χ4n) is 3.07. The van der Waals surface area contributed by atoms with Crippen molar-refractivity contribution in [1.82, 2.24) is 9.97 Å². The zero-order valence-electron chi connectivity index (χ0n) is 16.3. The Balaban J connectivity index is 1.65. The molecule has 0 bridgehead atoms. The lowest BCUT2D eigenvalue weighted by atomic mass is 9.96. The monoisotopic (exact) mass is 366 g/mol. The van der Waals surface area contributed by atoms with Crippen molar-refractivity contribution in [3.8, 4) is 0 Å². The molecule has 0 radical (unpaired) electrons. The van der Waals surface area contributed by atoms with Gasteiger partial charge in [-0.3, -0.25) is 9.59 Å². The number of amides is 2. The van der Waals surface area contributed by atoms with E-state index in [1.54, 1.807) is 17.3 Å². The van der Waals surface area contributed by atoms with Crippen molar-refractivity contribution in [1.29, 1.82) is 0 Å². The second-order valence-electron chi connectivity index (χ2n) is 7.96. The van der Waals surface area contributed by atoms with Crippen LogP contribution in [-0.4, -0.2) is 28.3 Å². The Hall–Kier alpha value is -2.76. The number of hydrogen-bond acceptors (Lipinski definition) is 4. The smallest absolute Gasteiger partial charge is 0.229 e. The molecule has 1 N–H and O–H groups in total. The first-order chi connectivity index (χ1) is 12.8. The van der Waals surface area contributed by atoms with E-state index in [1.807, 2.05) is 45.0 Å². The third-order valence-corrected chi connectivity index (χ3v) is 4.74. The Labute approximate surface area is 160 Å². The number of nitrogens with one attached hydrogen (secondary N) is 1. The zero-order valence-corrected chi connectivity index (χ0v) is 16.3. The van der Waals surface area contributed by atoms with Crippen molar-refractivity contribution in [2.45, 2.75) is 46.0 Å². The predicted molar refractivity (Wildman–Crippen MR) is 106 cm³/mol. The van der Waals surface area contributed by atoms with Crippen LogP contribution in [0.3, 0.4) is 0 Å². The Morgan fingerprint density at radius 1 is 1.19 bits per heavy atom. The van der Waals surface area contributed by atoms with Crippen molar-refractivity contribution in [2.75, 3.05) is 16.8 Å². The van der Waals surface area contributed by atoms with E-state index in [0.29, 0.717) is 12.2 Å². The van der Waals surface area contributed by atoms with E-state index >= 15 is 0 Å². The summed E-state index contributed by atoms with van der Waals surface area (Å²) in [5.41, 5.74) is 2.46. The first-order valence-corrected chi connectivity index (χ1v) is 9.30. The lowest BCUT2D eigenvalue weighted by Crippen LogP contribution is -2.28. The molecular weight excluding hydrogens is 340 g/mol. The number of carbonyl (C=O) groups excluding carboxylic acids is 2. The summed E-state index contributed by atoms with van der Waals surface area (Å²) in [4.78, 5) is 35.3. The number of benzene rings is 1. The van der Waals surface area contributed by atoms with Crippen LogP contribution in [0.2, 0.25) is 0 Å². The second-order valence-corrected chi connectivity index (χ2v) is 7.96. The van der Waals surface area contributed by atoms with Crippen LogP contribution in [0.5, 0.6) is 0 Å². The molecule has 1 aliphatic rings. The van der Waals surface area contributed by atoms with Crippen LogP contribution in [0.25, 0.3) is 0 Å². The molecule has 0 unspecified atom stereocenters. The standard InChI is InChI=1S/C21H26N4O2/c1-5-14-6-8-17(9-7-14)25-13-15(10-18(25)26)19(27)24-16-11-22-20(23-12-16)21(2,3)4/h6-9,11-12,15H,5,10,13H2,1-4H3,(H,24,27)/t15-/m1/s1. The summed E-state index contributed by atoms with van der Waals surface area (Å²) in [7, 11) is 0. The SMILES string of the molecule is CCc1ccc(N2C[C@H](C(=O)Nc3cnc(C(C)(C)C)nc3)CC2=O)cc1. The zero-order chi connectivity index (χ0) is 19.6. The van der Waals surface area contributed by atoms with Crippen LogP contribution >= 0.6 is 0 Å². The minimum atomic E-state index is -0.384. The van der Waals surface area contributed by atoms with Gasteiger partial charge in [0, 0.05) is 24.1 Å². The normalized spacial score (nSPS) is 17.3. The molecule has 0 saturated carbocycles. The highest BCUT2D eigenvalue weighted by Gasteiger charge is 2.35. The molecule has 6 nitrogen and oxygen atoms in total. The number of rotatable bonds is 4. The molecule has 27 heavy (non-hydrogen) atoms. The fourth-order valence-corrected chi connectivity index (χ4v) is 3.07. The number of carbonyl (C=O) groups is 2. The highest BCUT2D eigenvalue weighted by atomic mass is 16.2. The Bertz CT molecular complexity index is 823. The number of aryl methyl sites for hydroxylation is 1. The summed E-state index contributed by atoms with van der Waals surface area (Å²) in [5, 5.41) is 2.83. The molecule has 1 saturated heterocycles. The first-order valence-electron chi connectivity index (χ1n) is 9.30. The summed E-state index contributed by atoms with van der Waals surface area (Å²) in [6, 6.07) is 7.92. The van der Waals surface area contributed by atoms with E-state index in [9.17, 15) is 9.59 Å². The van der Waals surface area contributed by atoms with Gasteiger partial charge >= 0.3 is 0 Å². The number of nitrogens with zero attached hydrogens (tertiary/aromatic N) is 3. The van der Waals surface area contributed by atoms with Gasteiger partial charge in [-0.05, 0) is 24.1 Å². The molecule has 142 valence electrons. The van der Waals surface area contributed by atoms with E-state index in [1.165, 1.54) is 5.56 Å². The van der Waals surface area contributed by atoms with Gasteiger partial charge in [-0.25, -0.2) is 9.97 Å². The molecule has 2 heterocycles. The topological polar surface area (TPSA) is 75.2 Å². The van der Waals surface area contributed by atoms with Gasteiger partial charge in [0.25, 0.3) is 0 Å².